The molecule has 6 nitrogen and oxygen atoms in total. The number of aryl methyl sites for hydroxylation is 1. The van der Waals surface area contributed by atoms with E-state index in [0.29, 0.717) is 21.9 Å². The number of benzene rings is 3. The first-order chi connectivity index (χ1) is 15.3. The molecule has 0 aromatic heterocycles. The first kappa shape index (κ1) is 23.8. The molecule has 0 unspecified atom stereocenters. The van der Waals surface area contributed by atoms with E-state index in [0.717, 1.165) is 10.0 Å². The van der Waals surface area contributed by atoms with E-state index in [9.17, 15) is 9.59 Å². The molecule has 0 aliphatic rings. The molecule has 0 aliphatic carbocycles. The lowest BCUT2D eigenvalue weighted by Crippen LogP contribution is -2.24. The van der Waals surface area contributed by atoms with Crippen molar-refractivity contribution in [2.24, 2.45) is 5.10 Å². The maximum Gasteiger partial charge on any atom is 0.343 e. The molecule has 0 aliphatic heterocycles. The molecule has 3 rings (SSSR count). The molecule has 0 saturated carbocycles. The molecule has 3 aromatic carbocycles. The van der Waals surface area contributed by atoms with E-state index in [4.69, 9.17) is 32.7 Å². The molecule has 0 saturated heterocycles. The number of carbonyl (C=O) groups excluding carboxylic acids is 2. The second-order valence-corrected chi connectivity index (χ2v) is 8.28. The quantitative estimate of drug-likeness (QED) is 0.179. The molecule has 1 N–H and O–H groups in total. The highest BCUT2D eigenvalue weighted by atomic mass is 79.9. The summed E-state index contributed by atoms with van der Waals surface area (Å²) in [7, 11) is 0. The number of hydrogen-bond acceptors (Lipinski definition) is 5. The van der Waals surface area contributed by atoms with Crippen LogP contribution < -0.4 is 14.9 Å². The summed E-state index contributed by atoms with van der Waals surface area (Å²) in [5.74, 6) is -0.428. The fourth-order valence-electron chi connectivity index (χ4n) is 2.59. The Morgan fingerprint density at radius 2 is 1.84 bits per heavy atom. The molecule has 0 spiro atoms. The average molecular weight is 536 g/mol. The van der Waals surface area contributed by atoms with Crippen molar-refractivity contribution >= 4 is 57.2 Å². The van der Waals surface area contributed by atoms with E-state index >= 15 is 0 Å². The SMILES string of the molecule is Cc1cccc(C(=O)Oc2ccc(Br)cc2/C=N/NC(=O)COc2cccc(Cl)c2Cl)c1. The lowest BCUT2D eigenvalue weighted by Gasteiger charge is -2.09. The summed E-state index contributed by atoms with van der Waals surface area (Å²) in [5, 5.41) is 4.46. The van der Waals surface area contributed by atoms with Crippen molar-refractivity contribution in [3.8, 4) is 11.5 Å². The summed E-state index contributed by atoms with van der Waals surface area (Å²) in [6.45, 7) is 1.58. The van der Waals surface area contributed by atoms with E-state index in [1.807, 2.05) is 13.0 Å². The molecule has 0 atom stereocenters. The van der Waals surface area contributed by atoms with Gasteiger partial charge >= 0.3 is 5.97 Å². The zero-order valence-electron chi connectivity index (χ0n) is 16.8. The molecule has 0 heterocycles. The van der Waals surface area contributed by atoms with Crippen LogP contribution in [0.3, 0.4) is 0 Å². The topological polar surface area (TPSA) is 77.0 Å². The fraction of sp³-hybridized carbons (Fsp3) is 0.0870. The average Bonchev–Trinajstić information content (AvgIpc) is 2.76. The zero-order valence-corrected chi connectivity index (χ0v) is 19.9. The minimum Gasteiger partial charge on any atom is -0.482 e. The number of esters is 1. The van der Waals surface area contributed by atoms with Crippen molar-refractivity contribution in [1.82, 2.24) is 5.43 Å². The first-order valence-corrected chi connectivity index (χ1v) is 10.9. The maximum atomic E-state index is 12.5. The Hall–Kier alpha value is -2.87. The van der Waals surface area contributed by atoms with Gasteiger partial charge in [0, 0.05) is 10.0 Å². The Morgan fingerprint density at radius 3 is 2.62 bits per heavy atom. The van der Waals surface area contributed by atoms with Crippen LogP contribution in [-0.2, 0) is 4.79 Å². The summed E-state index contributed by atoms with van der Waals surface area (Å²) in [6.07, 6.45) is 1.37. The van der Waals surface area contributed by atoms with Crippen molar-refractivity contribution in [3.63, 3.8) is 0 Å². The minimum atomic E-state index is -0.509. The Bertz CT molecular complexity index is 1180. The Kier molecular flexibility index (Phi) is 8.27. The van der Waals surface area contributed by atoms with Crippen LogP contribution in [0.25, 0.3) is 0 Å². The molecule has 1 amide bonds. The van der Waals surface area contributed by atoms with Gasteiger partial charge in [-0.15, -0.1) is 0 Å². The summed E-state index contributed by atoms with van der Waals surface area (Å²) < 4.78 is 11.6. The van der Waals surface area contributed by atoms with Gasteiger partial charge in [-0.25, -0.2) is 10.2 Å². The monoisotopic (exact) mass is 534 g/mol. The van der Waals surface area contributed by atoms with E-state index in [1.165, 1.54) is 6.21 Å². The minimum absolute atomic E-state index is 0.222. The predicted octanol–water partition coefficient (Wildman–Crippen LogP) is 5.81. The highest BCUT2D eigenvalue weighted by Gasteiger charge is 2.12. The smallest absolute Gasteiger partial charge is 0.343 e. The highest BCUT2D eigenvalue weighted by molar-refractivity contribution is 9.10. The predicted molar refractivity (Wildman–Crippen MR) is 128 cm³/mol. The zero-order chi connectivity index (χ0) is 23.1. The number of nitrogens with zero attached hydrogens (tertiary/aromatic N) is 1. The van der Waals surface area contributed by atoms with Gasteiger partial charge in [0.25, 0.3) is 5.91 Å². The number of ether oxygens (including phenoxy) is 2. The maximum absolute atomic E-state index is 12.5. The van der Waals surface area contributed by atoms with Crippen molar-refractivity contribution in [3.05, 3.63) is 91.9 Å². The Balaban J connectivity index is 1.63. The molecule has 0 radical (unpaired) electrons. The van der Waals surface area contributed by atoms with Crippen molar-refractivity contribution < 1.29 is 19.1 Å². The lowest BCUT2D eigenvalue weighted by molar-refractivity contribution is -0.123. The number of hydrogen-bond donors (Lipinski definition) is 1. The summed E-state index contributed by atoms with van der Waals surface area (Å²) >= 11 is 15.3. The molecule has 32 heavy (non-hydrogen) atoms. The van der Waals surface area contributed by atoms with E-state index in [1.54, 1.807) is 54.6 Å². The molecule has 0 bridgehead atoms. The van der Waals surface area contributed by atoms with E-state index in [-0.39, 0.29) is 17.4 Å². The van der Waals surface area contributed by atoms with E-state index in [2.05, 4.69) is 26.5 Å². The summed E-state index contributed by atoms with van der Waals surface area (Å²) in [5.41, 5.74) is 4.21. The largest absolute Gasteiger partial charge is 0.482 e. The Morgan fingerprint density at radius 1 is 1.06 bits per heavy atom. The number of rotatable bonds is 7. The lowest BCUT2D eigenvalue weighted by atomic mass is 10.1. The Labute approximate surface area is 203 Å². The molecule has 3 aromatic rings. The van der Waals surface area contributed by atoms with Crippen LogP contribution in [0.5, 0.6) is 11.5 Å². The summed E-state index contributed by atoms with van der Waals surface area (Å²) in [6, 6.07) is 17.0. The third kappa shape index (κ3) is 6.56. The van der Waals surface area contributed by atoms with Crippen molar-refractivity contribution in [2.75, 3.05) is 6.61 Å². The van der Waals surface area contributed by atoms with Crippen LogP contribution >= 0.6 is 39.1 Å². The normalized spacial score (nSPS) is 10.8. The third-order valence-electron chi connectivity index (χ3n) is 4.10. The number of halogens is 3. The van der Waals surface area contributed by atoms with Gasteiger partial charge in [0.1, 0.15) is 16.5 Å². The second kappa shape index (κ2) is 11.1. The number of amides is 1. The molecular weight excluding hydrogens is 519 g/mol. The van der Waals surface area contributed by atoms with Gasteiger partial charge in [0.15, 0.2) is 6.61 Å². The van der Waals surface area contributed by atoms with Crippen LogP contribution in [0, 0.1) is 6.92 Å². The molecule has 164 valence electrons. The van der Waals surface area contributed by atoms with Crippen LogP contribution in [-0.4, -0.2) is 24.7 Å². The number of carbonyl (C=O) groups is 2. The van der Waals surface area contributed by atoms with Crippen molar-refractivity contribution in [1.29, 1.82) is 0 Å². The highest BCUT2D eigenvalue weighted by Crippen LogP contribution is 2.31. The van der Waals surface area contributed by atoms with Crippen LogP contribution in [0.4, 0.5) is 0 Å². The van der Waals surface area contributed by atoms with Gasteiger partial charge in [-0.2, -0.15) is 5.10 Å². The second-order valence-electron chi connectivity index (χ2n) is 6.57. The van der Waals surface area contributed by atoms with Gasteiger partial charge in [-0.05, 0) is 49.4 Å². The molecule has 0 fully saturated rings. The first-order valence-electron chi connectivity index (χ1n) is 9.30. The van der Waals surface area contributed by atoms with Crippen molar-refractivity contribution in [2.45, 2.75) is 6.92 Å². The number of hydrazone groups is 1. The van der Waals surface area contributed by atoms with Gasteiger partial charge in [-0.1, -0.05) is 62.9 Å². The van der Waals surface area contributed by atoms with E-state index < -0.39 is 11.9 Å². The molecule has 9 heteroatoms. The van der Waals surface area contributed by atoms with Crippen LogP contribution in [0.2, 0.25) is 10.0 Å². The molecular formula is C23H17BrCl2N2O4. The third-order valence-corrected chi connectivity index (χ3v) is 5.39. The van der Waals surface area contributed by atoms with Crippen LogP contribution in [0.15, 0.2) is 70.2 Å². The van der Waals surface area contributed by atoms with Crippen LogP contribution in [0.1, 0.15) is 21.5 Å². The van der Waals surface area contributed by atoms with Gasteiger partial charge in [0.2, 0.25) is 0 Å². The number of nitrogens with one attached hydrogen (secondary N) is 1. The van der Waals surface area contributed by atoms with Gasteiger partial charge in [0.05, 0.1) is 16.8 Å². The van der Waals surface area contributed by atoms with Gasteiger partial charge < -0.3 is 9.47 Å². The summed E-state index contributed by atoms with van der Waals surface area (Å²) in [4.78, 5) is 24.5. The van der Waals surface area contributed by atoms with Gasteiger partial charge in [-0.3, -0.25) is 4.79 Å². The standard InChI is InChI=1S/C23H17BrCl2N2O4/c1-14-4-2-5-15(10-14)23(30)32-19-9-8-17(24)11-16(19)12-27-28-21(29)13-31-20-7-3-6-18(25)22(20)26/h2-12H,13H2,1H3,(H,28,29)/b27-12+. The fourth-order valence-corrected chi connectivity index (χ4v) is 3.31.